The van der Waals surface area contributed by atoms with Gasteiger partial charge in [0, 0.05) is 47.6 Å². The molecular formula is C103H125F12IO17S3+2. The molecule has 15 aliphatic carbocycles. The van der Waals surface area contributed by atoms with E-state index in [1.165, 1.54) is 65.9 Å². The van der Waals surface area contributed by atoms with Gasteiger partial charge in [0.05, 0.1) is 76.1 Å². The number of halogens is 13. The van der Waals surface area contributed by atoms with Gasteiger partial charge >= 0.3 is 74.1 Å². The van der Waals surface area contributed by atoms with Crippen molar-refractivity contribution < 1.29 is 153 Å². The Balaban J connectivity index is 0.000000141. The third kappa shape index (κ3) is 24.2. The number of hydrogen-bond acceptors (Lipinski definition) is 17. The van der Waals surface area contributed by atoms with Crippen molar-refractivity contribution in [2.24, 2.45) is 98.6 Å². The first-order valence-electron chi connectivity index (χ1n) is 46.9. The van der Waals surface area contributed by atoms with Gasteiger partial charge in [-0.2, -0.15) is 39.5 Å². The van der Waals surface area contributed by atoms with Crippen molar-refractivity contribution in [3.8, 4) is 17.2 Å². The van der Waals surface area contributed by atoms with Gasteiger partial charge in [-0.05, 0) is 316 Å². The van der Waals surface area contributed by atoms with Crippen molar-refractivity contribution in [1.29, 1.82) is 0 Å². The van der Waals surface area contributed by atoms with Crippen LogP contribution in [-0.2, 0) is 79.5 Å². The average Bonchev–Trinajstić information content (AvgIpc) is 0.666. The van der Waals surface area contributed by atoms with Crippen molar-refractivity contribution in [2.45, 2.75) is 232 Å². The summed E-state index contributed by atoms with van der Waals surface area (Å²) in [6, 6.07) is 54.3. The largest absolute Gasteiger partial charge is 0.743 e. The number of ether oxygens (including phenoxy) is 9. The second-order valence-electron chi connectivity index (χ2n) is 40.5. The molecule has 6 aromatic carbocycles. The van der Waals surface area contributed by atoms with E-state index in [1.807, 2.05) is 48.5 Å². The molecule has 1 saturated heterocycles. The van der Waals surface area contributed by atoms with E-state index in [2.05, 4.69) is 151 Å². The highest BCUT2D eigenvalue weighted by Crippen LogP contribution is 2.76. The number of esters is 4. The lowest BCUT2D eigenvalue weighted by Crippen LogP contribution is -3.61. The smallest absolute Gasteiger partial charge is 0.468 e. The molecule has 0 amide bonds. The van der Waals surface area contributed by atoms with E-state index in [-0.39, 0.29) is 114 Å². The lowest BCUT2D eigenvalue weighted by molar-refractivity contribution is -0.597. The van der Waals surface area contributed by atoms with Crippen molar-refractivity contribution in [3.05, 3.63) is 176 Å². The van der Waals surface area contributed by atoms with Crippen molar-refractivity contribution >= 4 is 61.6 Å². The lowest BCUT2D eigenvalue weighted by atomic mass is 9.31. The van der Waals surface area contributed by atoms with E-state index in [4.69, 9.17) is 28.4 Å². The molecule has 17 nitrogen and oxygen atoms in total. The number of carbonyl (C=O) groups excluding carboxylic acids is 5. The molecule has 0 radical (unpaired) electrons. The van der Waals surface area contributed by atoms with E-state index in [9.17, 15) is 89.6 Å². The van der Waals surface area contributed by atoms with Crippen molar-refractivity contribution in [2.75, 3.05) is 72.5 Å². The molecule has 6 aromatic rings. The molecule has 1 heterocycles. The zero-order chi connectivity index (χ0) is 98.5. The third-order valence-electron chi connectivity index (χ3n) is 29.7. The Bertz CT molecular complexity index is 4960. The Hall–Kier alpha value is -7.31. The first kappa shape index (κ1) is 106. The minimum absolute atomic E-state index is 0.0235. The Labute approximate surface area is 805 Å². The number of ketones is 1. The van der Waals surface area contributed by atoms with Crippen LogP contribution in [0, 0.1) is 113 Å². The van der Waals surface area contributed by atoms with Crippen LogP contribution < -0.4 is 35.4 Å². The number of Topliss-reactive ketones (excluding diaryl/α,β-unsaturated/α-hetero) is 1. The Morgan fingerprint density at radius 3 is 1.36 bits per heavy atom. The van der Waals surface area contributed by atoms with Crippen LogP contribution in [-0.4, -0.2) is 162 Å². The first-order chi connectivity index (χ1) is 64.1. The molecule has 0 N–H and O–H groups in total. The molecule has 0 aromatic heterocycles. The lowest BCUT2D eigenvalue weighted by Gasteiger charge is -2.73. The molecule has 7 atom stereocenters. The Morgan fingerprint density at radius 1 is 0.522 bits per heavy atom. The van der Waals surface area contributed by atoms with Crippen LogP contribution in [0.4, 0.5) is 52.7 Å². The van der Waals surface area contributed by atoms with Crippen LogP contribution in [0.25, 0.3) is 0 Å². The van der Waals surface area contributed by atoms with E-state index in [0.29, 0.717) is 43.4 Å². The summed E-state index contributed by atoms with van der Waals surface area (Å²) in [5.41, 5.74) is 0.204. The van der Waals surface area contributed by atoms with Gasteiger partial charge < -0.3 is 47.2 Å². The predicted molar refractivity (Wildman–Crippen MR) is 484 cm³/mol. The number of carbonyl (C=O) groups is 5. The fourth-order valence-corrected chi connectivity index (χ4v) is 32.3. The summed E-state index contributed by atoms with van der Waals surface area (Å²) in [5.74, 6) is -11.3. The van der Waals surface area contributed by atoms with E-state index < -0.39 is 106 Å². The minimum atomic E-state index is -6.91. The summed E-state index contributed by atoms with van der Waals surface area (Å²) in [5, 5.41) is -6.13. The van der Waals surface area contributed by atoms with Crippen LogP contribution in [0.15, 0.2) is 172 Å². The Kier molecular flexibility index (Phi) is 33.7. The number of benzene rings is 6. The van der Waals surface area contributed by atoms with E-state index in [0.717, 1.165) is 142 Å². The van der Waals surface area contributed by atoms with Gasteiger partial charge in [-0.3, -0.25) is 14.4 Å². The molecule has 1 aliphatic heterocycles. The summed E-state index contributed by atoms with van der Waals surface area (Å²) >= 11 is 0.0287. The summed E-state index contributed by atoms with van der Waals surface area (Å²) < 4.78 is 241. The molecule has 33 heteroatoms. The van der Waals surface area contributed by atoms with Crippen LogP contribution in [0.1, 0.15) is 179 Å². The van der Waals surface area contributed by atoms with Gasteiger partial charge in [-0.15, -0.1) is 0 Å². The zero-order valence-corrected chi connectivity index (χ0v) is 82.9. The third-order valence-corrected chi connectivity index (χ3v) is 38.5. The SMILES string of the molecule is CC(F)(F)C(=O)OCC12CC3CC(CC(C3)C1)C2.CC(F)(F)C(F)COC(=O)C12CC3CC4C5CC(CC41)CC2C5C3.CCOC(=O)C(OCCC(F)(F)C(F)(F)S(=O)(=O)[O-])(OC(=O)C12CC3CC(CC(C3)C1)C2)C(F)(F)F.COc1ccc(C(=O)C([S+]2CCOCC2)C(C)(C)C)cc1.COc1ccc([S+](c2ccc(C)cc2)c2ccc(OC)cc2)cc1.c1ccc([I+]c2ccccc2)cc1. The maximum atomic E-state index is 14.1. The standard InChI is InChI=1S/C21H21O2S.C20H25F7O8S.C19H25F3O2.C17H25O3S.C14H20F2O2.C12H10I/c1-16-4-10-19(11-5-16)24(20-12-6-17(22-2)7-13-20)21-14-8-18(23-3)9-15-21;1-2-33-15(29)18(19(23,24)25,34-4-3-17(21,22)20(26,27)36(30,31)32)35-14(28)16-8-11-5-12(9-16)7-13(6-11)10-16;1-18(21,22)16(20)8-24-17(23)19-7-10-3-12-11-2-9(5-14(12)19)6-15(19)13(11)4-10;1-17(2,3)16(21-11-9-20-10-12-21)15(18)13-5-7-14(19-4)8-6-13;1-13(15,16)12(17)18-8-14-5-9-2-10(6-14)4-11(3-9)7-14;1-3-7-11(8-4-1)13-12-9-5-2-6-10-12/h4-15H,1-3H3;11-13H,2-10H2,1H3,(H,30,31,32);9-16H,2-8H2,1H3;5-8,16H,9-12H2,1-4H3;9-11H,2-8H2,1H3;1-10H/q+1;;;+1;;+1/p-1. The second-order valence-corrected chi connectivity index (χ2v) is 49.4. The normalized spacial score (nSPS) is 28.3. The quantitative estimate of drug-likeness (QED) is 0.00650. The number of hydrogen-bond donors (Lipinski definition) is 0. The van der Waals surface area contributed by atoms with Crippen LogP contribution in [0.2, 0.25) is 0 Å². The molecule has 16 fully saturated rings. The van der Waals surface area contributed by atoms with E-state index in [1.54, 1.807) is 21.3 Å². The first-order valence-corrected chi connectivity index (χ1v) is 53.3. The molecular weight excluding hydrogens is 1960 g/mol. The zero-order valence-electron chi connectivity index (χ0n) is 78.3. The Morgan fingerprint density at radius 2 is 0.949 bits per heavy atom. The van der Waals surface area contributed by atoms with Gasteiger partial charge in [-0.25, -0.2) is 31.2 Å². The van der Waals surface area contributed by atoms with Crippen molar-refractivity contribution in [1.82, 2.24) is 0 Å². The summed E-state index contributed by atoms with van der Waals surface area (Å²) in [6.45, 7) is 9.09. The fraction of sp³-hybridized carbons (Fsp3) is 0.602. The van der Waals surface area contributed by atoms with Gasteiger partial charge in [0.15, 0.2) is 43.4 Å². The van der Waals surface area contributed by atoms with Crippen LogP contribution in [0.5, 0.6) is 17.2 Å². The second kappa shape index (κ2) is 43.2. The molecule has 22 rings (SSSR count). The molecule has 0 spiro atoms. The molecule has 16 bridgehead atoms. The fourth-order valence-electron chi connectivity index (χ4n) is 24.8. The number of rotatable bonds is 28. The van der Waals surface area contributed by atoms with Crippen LogP contribution >= 0.6 is 0 Å². The minimum Gasteiger partial charge on any atom is -0.743 e. The number of alkyl halides is 12. The molecule has 136 heavy (non-hydrogen) atoms. The highest BCUT2D eigenvalue weighted by Gasteiger charge is 2.74. The maximum absolute atomic E-state index is 14.1. The predicted octanol–water partition coefficient (Wildman–Crippen LogP) is 19.2. The molecule has 7 unspecified atom stereocenters. The van der Waals surface area contributed by atoms with Gasteiger partial charge in [0.1, 0.15) is 35.4 Å². The number of methoxy groups -OCH3 is 3. The highest BCUT2D eigenvalue weighted by molar-refractivity contribution is 7.98. The molecule has 16 aliphatic rings. The monoisotopic (exact) mass is 2080 g/mol. The highest BCUT2D eigenvalue weighted by atomic mass is 127. The molecule has 15 saturated carbocycles. The summed E-state index contributed by atoms with van der Waals surface area (Å²) in [4.78, 5) is 66.5. The van der Waals surface area contributed by atoms with Gasteiger partial charge in [0.25, 0.3) is 5.92 Å². The molecule has 746 valence electrons. The topological polar surface area (TPSA) is 226 Å². The van der Waals surface area contributed by atoms with Gasteiger partial charge in [0.2, 0.25) is 5.78 Å². The maximum Gasteiger partial charge on any atom is 0.468 e. The van der Waals surface area contributed by atoms with E-state index >= 15 is 0 Å². The van der Waals surface area contributed by atoms with Crippen LogP contribution in [0.3, 0.4) is 0 Å². The van der Waals surface area contributed by atoms with Crippen molar-refractivity contribution in [3.63, 3.8) is 0 Å². The summed E-state index contributed by atoms with van der Waals surface area (Å²) in [6.07, 6.45) is 6.16. The summed E-state index contributed by atoms with van der Waals surface area (Å²) in [7, 11) is -1.94. The number of aryl methyl sites for hydroxylation is 1. The van der Waals surface area contributed by atoms with Gasteiger partial charge in [-0.1, -0.05) is 74.9 Å². The average molecular weight is 2090 g/mol.